The van der Waals surface area contributed by atoms with Crippen LogP contribution in [-0.2, 0) is 25.7 Å². The fourth-order valence-electron chi connectivity index (χ4n) is 3.68. The summed E-state index contributed by atoms with van der Waals surface area (Å²) in [5, 5.41) is 10.8. The van der Waals surface area contributed by atoms with Crippen LogP contribution in [0.5, 0.6) is 0 Å². The fourth-order valence-corrected chi connectivity index (χ4v) is 4.08. The van der Waals surface area contributed by atoms with Crippen molar-refractivity contribution >= 4 is 17.6 Å². The van der Waals surface area contributed by atoms with E-state index in [1.807, 2.05) is 0 Å². The number of carbonyl (C=O) groups is 1. The summed E-state index contributed by atoms with van der Waals surface area (Å²) in [6, 6.07) is 0. The predicted molar refractivity (Wildman–Crippen MR) is 113 cm³/mol. The molecular formula is C23H37ClO2. The van der Waals surface area contributed by atoms with Crippen LogP contribution >= 0.6 is 11.6 Å². The highest BCUT2D eigenvalue weighted by molar-refractivity contribution is 6.32. The van der Waals surface area contributed by atoms with E-state index in [4.69, 9.17) is 11.6 Å². The van der Waals surface area contributed by atoms with Crippen LogP contribution in [0.1, 0.15) is 112 Å². The van der Waals surface area contributed by atoms with Crippen molar-refractivity contribution in [1.29, 1.82) is 0 Å². The SMILES string of the molecule is CCCCc1c(Cl)c(CCCC)c(C(=O)O)c(CCCC)c1CCCC. The van der Waals surface area contributed by atoms with E-state index < -0.39 is 5.97 Å². The van der Waals surface area contributed by atoms with Crippen LogP contribution in [-0.4, -0.2) is 11.1 Å². The summed E-state index contributed by atoms with van der Waals surface area (Å²) in [4.78, 5) is 12.2. The Bertz CT molecular complexity index is 578. The summed E-state index contributed by atoms with van der Waals surface area (Å²) in [6.45, 7) is 8.69. The van der Waals surface area contributed by atoms with Crippen LogP contribution in [0.3, 0.4) is 0 Å². The van der Waals surface area contributed by atoms with E-state index in [0.717, 1.165) is 93.2 Å². The first-order chi connectivity index (χ1) is 12.5. The van der Waals surface area contributed by atoms with Gasteiger partial charge in [0.05, 0.1) is 5.56 Å². The maximum atomic E-state index is 12.2. The molecule has 0 fully saturated rings. The van der Waals surface area contributed by atoms with Gasteiger partial charge in [0.2, 0.25) is 0 Å². The van der Waals surface area contributed by atoms with Gasteiger partial charge in [-0.2, -0.15) is 0 Å². The highest BCUT2D eigenvalue weighted by Gasteiger charge is 2.25. The third kappa shape index (κ3) is 6.01. The lowest BCUT2D eigenvalue weighted by molar-refractivity contribution is 0.0694. The molecule has 1 aromatic carbocycles. The fraction of sp³-hybridized carbons (Fsp3) is 0.696. The van der Waals surface area contributed by atoms with Gasteiger partial charge in [-0.25, -0.2) is 4.79 Å². The molecule has 2 nitrogen and oxygen atoms in total. The maximum Gasteiger partial charge on any atom is 0.336 e. The molecule has 0 bridgehead atoms. The van der Waals surface area contributed by atoms with Crippen molar-refractivity contribution in [2.75, 3.05) is 0 Å². The van der Waals surface area contributed by atoms with E-state index in [0.29, 0.717) is 5.56 Å². The van der Waals surface area contributed by atoms with E-state index in [1.165, 1.54) is 11.1 Å². The molecule has 0 saturated carbocycles. The zero-order valence-electron chi connectivity index (χ0n) is 17.2. The summed E-state index contributed by atoms with van der Waals surface area (Å²) in [7, 11) is 0. The lowest BCUT2D eigenvalue weighted by atomic mass is 9.83. The molecule has 0 aliphatic heterocycles. The lowest BCUT2D eigenvalue weighted by Crippen LogP contribution is -2.15. The monoisotopic (exact) mass is 380 g/mol. The van der Waals surface area contributed by atoms with Crippen LogP contribution in [0.2, 0.25) is 5.02 Å². The summed E-state index contributed by atoms with van der Waals surface area (Å²) in [6.07, 6.45) is 12.1. The highest BCUT2D eigenvalue weighted by Crippen LogP contribution is 2.36. The van der Waals surface area contributed by atoms with Gasteiger partial charge < -0.3 is 5.11 Å². The summed E-state index contributed by atoms with van der Waals surface area (Å²) in [5.41, 5.74) is 4.97. The number of carboxylic acids is 1. The van der Waals surface area contributed by atoms with Crippen molar-refractivity contribution < 1.29 is 9.90 Å². The number of carboxylic acid groups (broad SMARTS) is 1. The average Bonchev–Trinajstić information content (AvgIpc) is 2.62. The van der Waals surface area contributed by atoms with E-state index in [9.17, 15) is 9.90 Å². The van der Waals surface area contributed by atoms with Crippen molar-refractivity contribution in [3.8, 4) is 0 Å². The molecule has 0 aliphatic rings. The maximum absolute atomic E-state index is 12.2. The predicted octanol–water partition coefficient (Wildman–Crippen LogP) is 7.41. The quantitative estimate of drug-likeness (QED) is 0.386. The van der Waals surface area contributed by atoms with Gasteiger partial charge in [0.25, 0.3) is 0 Å². The molecule has 3 heteroatoms. The first-order valence-corrected chi connectivity index (χ1v) is 11.0. The summed E-state index contributed by atoms with van der Waals surface area (Å²) < 4.78 is 0. The zero-order valence-corrected chi connectivity index (χ0v) is 18.0. The second-order valence-corrected chi connectivity index (χ2v) is 7.70. The Kier molecular flexibility index (Phi) is 11.0. The molecule has 0 spiro atoms. The van der Waals surface area contributed by atoms with Crippen LogP contribution in [0.15, 0.2) is 0 Å². The van der Waals surface area contributed by atoms with E-state index in [2.05, 4.69) is 27.7 Å². The Balaban J connectivity index is 3.65. The van der Waals surface area contributed by atoms with Gasteiger partial charge in [-0.1, -0.05) is 65.0 Å². The number of rotatable bonds is 13. The minimum Gasteiger partial charge on any atom is -0.478 e. The third-order valence-electron chi connectivity index (χ3n) is 5.20. The van der Waals surface area contributed by atoms with E-state index >= 15 is 0 Å². The zero-order chi connectivity index (χ0) is 19.5. The molecule has 1 N–H and O–H groups in total. The van der Waals surface area contributed by atoms with Crippen LogP contribution in [0.25, 0.3) is 0 Å². The largest absolute Gasteiger partial charge is 0.478 e. The van der Waals surface area contributed by atoms with Gasteiger partial charge in [0, 0.05) is 5.02 Å². The normalized spacial score (nSPS) is 11.1. The van der Waals surface area contributed by atoms with Crippen molar-refractivity contribution in [2.24, 2.45) is 0 Å². The molecule has 26 heavy (non-hydrogen) atoms. The number of halogens is 1. The minimum absolute atomic E-state index is 0.517. The molecule has 0 amide bonds. The smallest absolute Gasteiger partial charge is 0.336 e. The standard InChI is InChI=1S/C23H37ClO2/c1-5-9-13-17-18(14-10-6-2)21(23(25)26)20(16-12-8-4)22(24)19(17)15-11-7-3/h5-16H2,1-4H3,(H,25,26). The molecule has 1 aromatic rings. The number of unbranched alkanes of at least 4 members (excludes halogenated alkanes) is 4. The van der Waals surface area contributed by atoms with Gasteiger partial charge in [0.1, 0.15) is 0 Å². The Morgan fingerprint density at radius 2 is 1.08 bits per heavy atom. The summed E-state index contributed by atoms with van der Waals surface area (Å²) >= 11 is 6.86. The minimum atomic E-state index is -0.802. The molecule has 0 aliphatic carbocycles. The van der Waals surface area contributed by atoms with Gasteiger partial charge in [0.15, 0.2) is 0 Å². The molecule has 148 valence electrons. The average molecular weight is 381 g/mol. The number of aromatic carboxylic acids is 1. The Morgan fingerprint density at radius 3 is 1.50 bits per heavy atom. The Hall–Kier alpha value is -1.02. The Morgan fingerprint density at radius 1 is 0.692 bits per heavy atom. The van der Waals surface area contributed by atoms with Crippen molar-refractivity contribution in [3.05, 3.63) is 32.8 Å². The van der Waals surface area contributed by atoms with Gasteiger partial charge in [-0.05, 0) is 73.6 Å². The molecule has 0 unspecified atom stereocenters. The second kappa shape index (κ2) is 12.4. The van der Waals surface area contributed by atoms with Crippen molar-refractivity contribution in [2.45, 2.75) is 105 Å². The van der Waals surface area contributed by atoms with E-state index in [1.54, 1.807) is 0 Å². The number of benzene rings is 1. The molecule has 1 rings (SSSR count). The topological polar surface area (TPSA) is 37.3 Å². The molecular weight excluding hydrogens is 344 g/mol. The van der Waals surface area contributed by atoms with Crippen molar-refractivity contribution in [3.63, 3.8) is 0 Å². The molecule has 0 aromatic heterocycles. The third-order valence-corrected chi connectivity index (χ3v) is 5.65. The van der Waals surface area contributed by atoms with Gasteiger partial charge >= 0.3 is 5.97 Å². The lowest BCUT2D eigenvalue weighted by Gasteiger charge is -2.23. The highest BCUT2D eigenvalue weighted by atomic mass is 35.5. The summed E-state index contributed by atoms with van der Waals surface area (Å²) in [5.74, 6) is -0.802. The van der Waals surface area contributed by atoms with E-state index in [-0.39, 0.29) is 0 Å². The molecule has 0 atom stereocenters. The van der Waals surface area contributed by atoms with Crippen molar-refractivity contribution in [1.82, 2.24) is 0 Å². The number of hydrogen-bond donors (Lipinski definition) is 1. The van der Waals surface area contributed by atoms with Gasteiger partial charge in [-0.3, -0.25) is 0 Å². The molecule has 0 radical (unpaired) electrons. The first kappa shape index (κ1) is 23.0. The second-order valence-electron chi connectivity index (χ2n) is 7.32. The Labute approximate surface area is 165 Å². The first-order valence-electron chi connectivity index (χ1n) is 10.6. The number of hydrogen-bond acceptors (Lipinski definition) is 1. The van der Waals surface area contributed by atoms with Crippen LogP contribution in [0.4, 0.5) is 0 Å². The van der Waals surface area contributed by atoms with Crippen LogP contribution < -0.4 is 0 Å². The van der Waals surface area contributed by atoms with Gasteiger partial charge in [-0.15, -0.1) is 0 Å². The molecule has 0 heterocycles. The van der Waals surface area contributed by atoms with Crippen LogP contribution in [0, 0.1) is 0 Å². The molecule has 0 saturated heterocycles.